The molecule has 0 aromatic rings. The molecule has 0 aromatic carbocycles. The summed E-state index contributed by atoms with van der Waals surface area (Å²) in [5, 5.41) is 9.19. The van der Waals surface area contributed by atoms with Gasteiger partial charge < -0.3 is 9.84 Å². The van der Waals surface area contributed by atoms with E-state index in [2.05, 4.69) is 12.7 Å². The molecule has 1 fully saturated rings. The number of carbonyl (C=O) groups excluding carboxylic acids is 1. The zero-order valence-electron chi connectivity index (χ0n) is 11.0. The van der Waals surface area contributed by atoms with Crippen LogP contribution in [0.5, 0.6) is 0 Å². The topological polar surface area (TPSA) is 63.6 Å². The summed E-state index contributed by atoms with van der Waals surface area (Å²) >= 11 is 0. The first kappa shape index (κ1) is 13.6. The Morgan fingerprint density at radius 1 is 1.47 bits per heavy atom. The number of aliphatic carboxylic acids is 1. The third-order valence-corrected chi connectivity index (χ3v) is 3.76. The predicted octanol–water partition coefficient (Wildman–Crippen LogP) is 2.62. The molecule has 1 aliphatic carbocycles. The maximum absolute atomic E-state index is 11.6. The normalized spacial score (nSPS) is 28.1. The molecule has 2 aliphatic rings. The number of hydrogen-bond donors (Lipinski definition) is 1. The minimum atomic E-state index is -0.936. The average Bonchev–Trinajstić information content (AvgIpc) is 2.61. The van der Waals surface area contributed by atoms with E-state index in [0.29, 0.717) is 24.0 Å². The van der Waals surface area contributed by atoms with Crippen LogP contribution in [0, 0.1) is 5.92 Å². The van der Waals surface area contributed by atoms with E-state index in [4.69, 9.17) is 4.74 Å². The first-order valence-electron chi connectivity index (χ1n) is 6.46. The van der Waals surface area contributed by atoms with E-state index in [-0.39, 0.29) is 12.3 Å². The maximum Gasteiger partial charge on any atom is 0.334 e. The lowest BCUT2D eigenvalue weighted by Gasteiger charge is -2.18. The van der Waals surface area contributed by atoms with Crippen LogP contribution in [-0.2, 0) is 14.3 Å². The molecule has 1 aliphatic heterocycles. The van der Waals surface area contributed by atoms with Gasteiger partial charge in [0.05, 0.1) is 0 Å². The summed E-state index contributed by atoms with van der Waals surface area (Å²) in [6.07, 6.45) is 5.93. The van der Waals surface area contributed by atoms with Crippen molar-refractivity contribution in [1.29, 1.82) is 0 Å². The molecule has 2 unspecified atom stereocenters. The molecule has 2 rings (SSSR count). The Labute approximate surface area is 112 Å². The minimum absolute atomic E-state index is 0.108. The van der Waals surface area contributed by atoms with Gasteiger partial charge in [-0.15, -0.1) is 0 Å². The van der Waals surface area contributed by atoms with Crippen LogP contribution in [0.1, 0.15) is 32.6 Å². The molecule has 0 amide bonds. The highest BCUT2D eigenvalue weighted by Gasteiger charge is 2.38. The summed E-state index contributed by atoms with van der Waals surface area (Å²) in [5.41, 5.74) is 1.99. The highest BCUT2D eigenvalue weighted by atomic mass is 16.6. The Kier molecular flexibility index (Phi) is 3.88. The molecule has 1 heterocycles. The zero-order valence-corrected chi connectivity index (χ0v) is 11.0. The van der Waals surface area contributed by atoms with E-state index in [1.54, 1.807) is 6.08 Å². The standard InChI is InChI=1S/C15H18O4/c1-9-4-3-5-11(14(16)17)8-13-12(7-6-9)10(2)15(18)19-13/h5-6,12-13H,2-4,7-8H2,1H3,(H,16,17). The zero-order chi connectivity index (χ0) is 14.0. The molecule has 102 valence electrons. The number of rotatable bonds is 1. The van der Waals surface area contributed by atoms with E-state index >= 15 is 0 Å². The van der Waals surface area contributed by atoms with Crippen LogP contribution in [0.15, 0.2) is 35.5 Å². The fourth-order valence-corrected chi connectivity index (χ4v) is 2.53. The van der Waals surface area contributed by atoms with E-state index in [1.165, 1.54) is 5.57 Å². The highest BCUT2D eigenvalue weighted by molar-refractivity contribution is 5.91. The molecule has 0 spiro atoms. The van der Waals surface area contributed by atoms with Crippen molar-refractivity contribution in [3.8, 4) is 0 Å². The summed E-state index contributed by atoms with van der Waals surface area (Å²) in [5.74, 6) is -1.44. The average molecular weight is 262 g/mol. The number of esters is 1. The van der Waals surface area contributed by atoms with E-state index in [9.17, 15) is 14.7 Å². The first-order chi connectivity index (χ1) is 8.99. The summed E-state index contributed by atoms with van der Waals surface area (Å²) in [7, 11) is 0. The summed E-state index contributed by atoms with van der Waals surface area (Å²) in [6.45, 7) is 5.79. The van der Waals surface area contributed by atoms with Crippen LogP contribution in [0.4, 0.5) is 0 Å². The molecular weight excluding hydrogens is 244 g/mol. The van der Waals surface area contributed by atoms with Crippen LogP contribution < -0.4 is 0 Å². The maximum atomic E-state index is 11.6. The van der Waals surface area contributed by atoms with Gasteiger partial charge >= 0.3 is 11.9 Å². The van der Waals surface area contributed by atoms with Crippen molar-refractivity contribution in [2.75, 3.05) is 0 Å². The number of fused-ring (bicyclic) bond motifs is 1. The second-order valence-corrected chi connectivity index (χ2v) is 5.14. The lowest BCUT2D eigenvalue weighted by Crippen LogP contribution is -2.20. The van der Waals surface area contributed by atoms with Gasteiger partial charge in [0.1, 0.15) is 6.10 Å². The van der Waals surface area contributed by atoms with Gasteiger partial charge in [-0.3, -0.25) is 0 Å². The molecular formula is C15H18O4. The van der Waals surface area contributed by atoms with Gasteiger partial charge in [0.15, 0.2) is 0 Å². The summed E-state index contributed by atoms with van der Waals surface area (Å²) in [4.78, 5) is 22.8. The summed E-state index contributed by atoms with van der Waals surface area (Å²) in [6, 6.07) is 0. The second-order valence-electron chi connectivity index (χ2n) is 5.14. The van der Waals surface area contributed by atoms with E-state index < -0.39 is 18.0 Å². The molecule has 1 saturated heterocycles. The fraction of sp³-hybridized carbons (Fsp3) is 0.467. The van der Waals surface area contributed by atoms with Gasteiger partial charge in [0.25, 0.3) is 0 Å². The van der Waals surface area contributed by atoms with Gasteiger partial charge in [-0.05, 0) is 26.2 Å². The van der Waals surface area contributed by atoms with Crippen molar-refractivity contribution in [1.82, 2.24) is 0 Å². The molecule has 19 heavy (non-hydrogen) atoms. The number of carboxylic acids is 1. The first-order valence-corrected chi connectivity index (χ1v) is 6.46. The third kappa shape index (κ3) is 2.95. The number of carboxylic acid groups (broad SMARTS) is 1. The predicted molar refractivity (Wildman–Crippen MR) is 70.5 cm³/mol. The van der Waals surface area contributed by atoms with Gasteiger partial charge in [-0.2, -0.15) is 0 Å². The molecule has 4 heteroatoms. The lowest BCUT2D eigenvalue weighted by atomic mass is 9.87. The molecule has 2 atom stereocenters. The Balaban J connectivity index is 2.29. The van der Waals surface area contributed by atoms with Crippen molar-refractivity contribution in [2.45, 2.75) is 38.7 Å². The highest BCUT2D eigenvalue weighted by Crippen LogP contribution is 2.34. The Morgan fingerprint density at radius 2 is 2.21 bits per heavy atom. The molecule has 0 bridgehead atoms. The Bertz CT molecular complexity index is 484. The second kappa shape index (κ2) is 5.43. The monoisotopic (exact) mass is 262 g/mol. The smallest absolute Gasteiger partial charge is 0.334 e. The Morgan fingerprint density at radius 3 is 2.89 bits per heavy atom. The van der Waals surface area contributed by atoms with Gasteiger partial charge in [-0.1, -0.05) is 24.3 Å². The van der Waals surface area contributed by atoms with Crippen LogP contribution in [0.3, 0.4) is 0 Å². The van der Waals surface area contributed by atoms with Crippen LogP contribution in [0.25, 0.3) is 0 Å². The van der Waals surface area contributed by atoms with Crippen molar-refractivity contribution < 1.29 is 19.4 Å². The van der Waals surface area contributed by atoms with Crippen LogP contribution in [0.2, 0.25) is 0 Å². The van der Waals surface area contributed by atoms with Crippen molar-refractivity contribution in [3.63, 3.8) is 0 Å². The molecule has 0 aromatic heterocycles. The van der Waals surface area contributed by atoms with Crippen LogP contribution in [-0.4, -0.2) is 23.1 Å². The van der Waals surface area contributed by atoms with Gasteiger partial charge in [0.2, 0.25) is 0 Å². The van der Waals surface area contributed by atoms with Gasteiger partial charge in [0, 0.05) is 23.5 Å². The van der Waals surface area contributed by atoms with Crippen LogP contribution >= 0.6 is 0 Å². The molecule has 1 N–H and O–H groups in total. The van der Waals surface area contributed by atoms with E-state index in [1.807, 2.05) is 6.92 Å². The van der Waals surface area contributed by atoms with Crippen molar-refractivity contribution in [3.05, 3.63) is 35.5 Å². The molecule has 0 radical (unpaired) electrons. The summed E-state index contributed by atoms with van der Waals surface area (Å²) < 4.78 is 5.25. The SMILES string of the molecule is C=C1C(=O)OC2CC(C(=O)O)=CCCC(C)=CCC12. The Hall–Kier alpha value is -1.84. The van der Waals surface area contributed by atoms with E-state index in [0.717, 1.165) is 6.42 Å². The quantitative estimate of drug-likeness (QED) is 0.448. The largest absolute Gasteiger partial charge is 0.478 e. The fourth-order valence-electron chi connectivity index (χ4n) is 2.53. The minimum Gasteiger partial charge on any atom is -0.478 e. The number of allylic oxidation sites excluding steroid dienone is 3. The molecule has 4 nitrogen and oxygen atoms in total. The number of hydrogen-bond acceptors (Lipinski definition) is 3. The lowest BCUT2D eigenvalue weighted by molar-refractivity contribution is -0.140. The van der Waals surface area contributed by atoms with Crippen molar-refractivity contribution in [2.24, 2.45) is 5.92 Å². The third-order valence-electron chi connectivity index (χ3n) is 3.76. The number of ether oxygens (including phenoxy) is 1. The van der Waals surface area contributed by atoms with Crippen molar-refractivity contribution >= 4 is 11.9 Å². The number of carbonyl (C=O) groups is 2. The molecule has 0 saturated carbocycles. The van der Waals surface area contributed by atoms with Gasteiger partial charge in [-0.25, -0.2) is 9.59 Å².